The molecule has 0 spiro atoms. The summed E-state index contributed by atoms with van der Waals surface area (Å²) in [5, 5.41) is 1.03. The highest BCUT2D eigenvalue weighted by Crippen LogP contribution is 2.29. The molecule has 0 N–H and O–H groups in total. The molecule has 0 aromatic heterocycles. The summed E-state index contributed by atoms with van der Waals surface area (Å²) in [6.07, 6.45) is 1.54. The maximum Gasteiger partial charge on any atom is 0.345 e. The fraction of sp³-hybridized carbons (Fsp3) is 0.0357. The molecule has 0 aliphatic heterocycles. The van der Waals surface area contributed by atoms with Crippen molar-refractivity contribution in [3.8, 4) is 11.5 Å². The van der Waals surface area contributed by atoms with Crippen LogP contribution in [0, 0.1) is 6.92 Å². The molecule has 0 saturated heterocycles. The molecule has 0 heterocycles. The van der Waals surface area contributed by atoms with E-state index >= 15 is 0 Å². The number of hydrogen-bond acceptors (Lipinski definition) is 5. The fourth-order valence-electron chi connectivity index (χ4n) is 3.18. The first kappa shape index (κ1) is 26.7. The van der Waals surface area contributed by atoms with Crippen LogP contribution in [0.3, 0.4) is 0 Å². The highest BCUT2D eigenvalue weighted by Gasteiger charge is 2.18. The Balaban J connectivity index is 1.65. The smallest absolute Gasteiger partial charge is 0.345 e. The molecule has 37 heavy (non-hydrogen) atoms. The lowest BCUT2D eigenvalue weighted by molar-refractivity contribution is 0.0733. The van der Waals surface area contributed by atoms with Crippen LogP contribution in [-0.4, -0.2) is 18.2 Å². The number of hydrogen-bond donors (Lipinski definition) is 0. The molecule has 0 aliphatic rings. The van der Waals surface area contributed by atoms with Gasteiger partial charge in [0.15, 0.2) is 0 Å². The van der Waals surface area contributed by atoms with Gasteiger partial charge in [0.05, 0.1) is 26.9 Å². The average molecular weight is 573 g/mol. The summed E-state index contributed by atoms with van der Waals surface area (Å²) in [7, 11) is 0. The number of ether oxygens (including phenoxy) is 2. The van der Waals surface area contributed by atoms with E-state index in [1.54, 1.807) is 18.3 Å². The van der Waals surface area contributed by atoms with Crippen molar-refractivity contribution in [1.82, 2.24) is 0 Å². The Morgan fingerprint density at radius 1 is 0.703 bits per heavy atom. The SMILES string of the molecule is Cc1ccc(N=Cc2ccc(OC(=O)c3ccc(Cl)cc3Cl)cc2OC(=O)c2ccc(Cl)cc2Cl)cc1. The average Bonchev–Trinajstić information content (AvgIpc) is 2.84. The molecule has 186 valence electrons. The van der Waals surface area contributed by atoms with Gasteiger partial charge in [0.25, 0.3) is 0 Å². The second-order valence-corrected chi connectivity index (χ2v) is 9.51. The number of rotatable bonds is 6. The first-order chi connectivity index (χ1) is 17.7. The second kappa shape index (κ2) is 11.8. The highest BCUT2D eigenvalue weighted by molar-refractivity contribution is 6.37. The molecule has 0 fully saturated rings. The van der Waals surface area contributed by atoms with Crippen molar-refractivity contribution >= 4 is 70.2 Å². The van der Waals surface area contributed by atoms with Crippen molar-refractivity contribution in [2.24, 2.45) is 4.99 Å². The van der Waals surface area contributed by atoms with Crippen LogP contribution in [0.4, 0.5) is 5.69 Å². The first-order valence-corrected chi connectivity index (χ1v) is 12.3. The molecular weight excluding hydrogens is 556 g/mol. The van der Waals surface area contributed by atoms with E-state index in [9.17, 15) is 9.59 Å². The summed E-state index contributed by atoms with van der Waals surface area (Å²) in [6.45, 7) is 1.98. The van der Waals surface area contributed by atoms with Crippen molar-refractivity contribution in [3.05, 3.63) is 121 Å². The molecule has 5 nitrogen and oxygen atoms in total. The third kappa shape index (κ3) is 6.90. The minimum atomic E-state index is -0.726. The van der Waals surface area contributed by atoms with Crippen LogP contribution in [0.2, 0.25) is 20.1 Å². The number of nitrogens with zero attached hydrogens (tertiary/aromatic N) is 1. The summed E-state index contributed by atoms with van der Waals surface area (Å²) in [4.78, 5) is 30.0. The van der Waals surface area contributed by atoms with Crippen molar-refractivity contribution in [2.75, 3.05) is 0 Å². The Kier molecular flexibility index (Phi) is 8.52. The molecule has 0 radical (unpaired) electrons. The number of carbonyl (C=O) groups excluding carboxylic acids is 2. The third-order valence-corrected chi connectivity index (χ3v) is 6.18. The molecule has 0 saturated carbocycles. The van der Waals surface area contributed by atoms with Gasteiger partial charge in [-0.15, -0.1) is 0 Å². The number of esters is 2. The monoisotopic (exact) mass is 571 g/mol. The standard InChI is InChI=1S/C28H17Cl4NO4/c1-16-2-7-20(8-3-16)33-15-17-4-9-21(36-27(34)22-10-5-18(29)12-24(22)31)14-26(17)37-28(35)23-11-6-19(30)13-25(23)32/h2-15H,1H3. The van der Waals surface area contributed by atoms with Crippen molar-refractivity contribution in [3.63, 3.8) is 0 Å². The number of halogens is 4. The third-order valence-electron chi connectivity index (χ3n) is 5.09. The molecule has 0 amide bonds. The highest BCUT2D eigenvalue weighted by atomic mass is 35.5. The Hall–Kier alpha value is -3.35. The minimum Gasteiger partial charge on any atom is -0.423 e. The molecule has 4 aromatic rings. The van der Waals surface area contributed by atoms with Gasteiger partial charge in [-0.3, -0.25) is 4.99 Å². The molecule has 4 rings (SSSR count). The number of aryl methyl sites for hydroxylation is 1. The van der Waals surface area contributed by atoms with Gasteiger partial charge in [-0.05, 0) is 67.6 Å². The number of carbonyl (C=O) groups is 2. The van der Waals surface area contributed by atoms with E-state index in [1.165, 1.54) is 42.5 Å². The van der Waals surface area contributed by atoms with E-state index in [2.05, 4.69) is 4.99 Å². The van der Waals surface area contributed by atoms with Crippen LogP contribution >= 0.6 is 46.4 Å². The normalized spacial score (nSPS) is 10.9. The van der Waals surface area contributed by atoms with E-state index in [1.807, 2.05) is 31.2 Å². The molecule has 4 aromatic carbocycles. The van der Waals surface area contributed by atoms with Crippen LogP contribution in [-0.2, 0) is 0 Å². The summed E-state index contributed by atoms with van der Waals surface area (Å²) in [6, 6.07) is 21.0. The van der Waals surface area contributed by atoms with Gasteiger partial charge in [-0.2, -0.15) is 0 Å². The van der Waals surface area contributed by atoms with Crippen LogP contribution in [0.15, 0.2) is 83.9 Å². The zero-order valence-corrected chi connectivity index (χ0v) is 22.2. The van der Waals surface area contributed by atoms with Gasteiger partial charge >= 0.3 is 11.9 Å². The van der Waals surface area contributed by atoms with E-state index in [0.717, 1.165) is 5.56 Å². The molecule has 9 heteroatoms. The van der Waals surface area contributed by atoms with Gasteiger partial charge in [0.2, 0.25) is 0 Å². The zero-order chi connectivity index (χ0) is 26.5. The predicted octanol–water partition coefficient (Wildman–Crippen LogP) is 8.80. The van der Waals surface area contributed by atoms with E-state index in [-0.39, 0.29) is 32.7 Å². The summed E-state index contributed by atoms with van der Waals surface area (Å²) in [5.74, 6) is -1.22. The molecule has 0 bridgehead atoms. The summed E-state index contributed by atoms with van der Waals surface area (Å²) < 4.78 is 11.1. The largest absolute Gasteiger partial charge is 0.423 e. The van der Waals surface area contributed by atoms with Gasteiger partial charge in [-0.1, -0.05) is 64.1 Å². The molecule has 0 atom stereocenters. The van der Waals surface area contributed by atoms with Gasteiger partial charge in [-0.25, -0.2) is 9.59 Å². The maximum atomic E-state index is 12.9. The van der Waals surface area contributed by atoms with Crippen molar-refractivity contribution < 1.29 is 19.1 Å². The lowest BCUT2D eigenvalue weighted by Crippen LogP contribution is -2.12. The van der Waals surface area contributed by atoms with Crippen LogP contribution < -0.4 is 9.47 Å². The topological polar surface area (TPSA) is 65.0 Å². The lowest BCUT2D eigenvalue weighted by atomic mass is 10.2. The lowest BCUT2D eigenvalue weighted by Gasteiger charge is -2.12. The first-order valence-electron chi connectivity index (χ1n) is 10.8. The number of benzene rings is 4. The Labute approximate surface area is 233 Å². The second-order valence-electron chi connectivity index (χ2n) is 7.82. The van der Waals surface area contributed by atoms with E-state index in [4.69, 9.17) is 55.9 Å². The Morgan fingerprint density at radius 2 is 1.27 bits per heavy atom. The van der Waals surface area contributed by atoms with Crippen LogP contribution in [0.5, 0.6) is 11.5 Å². The van der Waals surface area contributed by atoms with Crippen LogP contribution in [0.25, 0.3) is 0 Å². The number of aliphatic imine (C=N–C) groups is 1. The van der Waals surface area contributed by atoms with Gasteiger partial charge in [0.1, 0.15) is 11.5 Å². The Bertz CT molecular complexity index is 1520. The van der Waals surface area contributed by atoms with E-state index < -0.39 is 11.9 Å². The minimum absolute atomic E-state index is 0.0966. The molecule has 0 aliphatic carbocycles. The fourth-order valence-corrected chi connectivity index (χ4v) is 4.15. The molecule has 0 unspecified atom stereocenters. The summed E-state index contributed by atoms with van der Waals surface area (Å²) >= 11 is 24.1. The van der Waals surface area contributed by atoms with Crippen molar-refractivity contribution in [2.45, 2.75) is 6.92 Å². The van der Waals surface area contributed by atoms with Crippen molar-refractivity contribution in [1.29, 1.82) is 0 Å². The Morgan fingerprint density at radius 3 is 1.84 bits per heavy atom. The molecular formula is C28H17Cl4NO4. The predicted molar refractivity (Wildman–Crippen MR) is 148 cm³/mol. The maximum absolute atomic E-state index is 12.9. The van der Waals surface area contributed by atoms with E-state index in [0.29, 0.717) is 21.3 Å². The van der Waals surface area contributed by atoms with Gasteiger partial charge < -0.3 is 9.47 Å². The van der Waals surface area contributed by atoms with Crippen LogP contribution in [0.1, 0.15) is 31.8 Å². The summed E-state index contributed by atoms with van der Waals surface area (Å²) in [5.41, 5.74) is 2.51. The zero-order valence-electron chi connectivity index (χ0n) is 19.2. The van der Waals surface area contributed by atoms with Gasteiger partial charge in [0, 0.05) is 27.9 Å². The quantitative estimate of drug-likeness (QED) is 0.131.